The van der Waals surface area contributed by atoms with Crippen molar-refractivity contribution in [1.82, 2.24) is 9.55 Å². The number of fused-ring (bicyclic) bond motifs is 3. The first-order chi connectivity index (χ1) is 10.7. The molecular formula is C18H17ClN4. The summed E-state index contributed by atoms with van der Waals surface area (Å²) in [7, 11) is 0. The number of benzene rings is 1. The first kappa shape index (κ1) is 15.5. The molecule has 2 aromatic heterocycles. The first-order valence-corrected chi connectivity index (χ1v) is 7.45. The van der Waals surface area contributed by atoms with Crippen LogP contribution in [0.1, 0.15) is 29.7 Å². The van der Waals surface area contributed by atoms with E-state index in [1.54, 1.807) is 6.20 Å². The number of nitriles is 1. The molecule has 0 saturated carbocycles. The van der Waals surface area contributed by atoms with E-state index in [1.807, 2.05) is 36.4 Å². The third-order valence-electron chi connectivity index (χ3n) is 4.64. The molecule has 0 spiro atoms. The van der Waals surface area contributed by atoms with Crippen LogP contribution in [0.4, 0.5) is 0 Å². The molecule has 1 aromatic carbocycles. The Morgan fingerprint density at radius 3 is 2.83 bits per heavy atom. The van der Waals surface area contributed by atoms with Crippen molar-refractivity contribution in [2.45, 2.75) is 25.3 Å². The van der Waals surface area contributed by atoms with Crippen LogP contribution < -0.4 is 5.73 Å². The Labute approximate surface area is 141 Å². The van der Waals surface area contributed by atoms with E-state index in [-0.39, 0.29) is 24.4 Å². The highest BCUT2D eigenvalue weighted by atomic mass is 35.5. The maximum absolute atomic E-state index is 9.19. The van der Waals surface area contributed by atoms with Crippen LogP contribution in [0.2, 0.25) is 0 Å². The smallest absolute Gasteiger partial charge is 0.137 e. The van der Waals surface area contributed by atoms with E-state index in [0.717, 1.165) is 23.1 Å². The molecule has 0 saturated heterocycles. The van der Waals surface area contributed by atoms with E-state index in [9.17, 15) is 5.26 Å². The van der Waals surface area contributed by atoms with Crippen molar-refractivity contribution >= 4 is 23.3 Å². The molecule has 0 aliphatic heterocycles. The molecule has 1 aliphatic rings. The van der Waals surface area contributed by atoms with Crippen LogP contribution in [0.5, 0.6) is 0 Å². The largest absolute Gasteiger partial charge is 0.327 e. The number of pyridine rings is 1. The van der Waals surface area contributed by atoms with Crippen LogP contribution in [0.3, 0.4) is 0 Å². The van der Waals surface area contributed by atoms with Crippen molar-refractivity contribution in [1.29, 1.82) is 5.26 Å². The Morgan fingerprint density at radius 2 is 2.13 bits per heavy atom. The molecule has 4 nitrogen and oxygen atoms in total. The molecule has 1 aliphatic carbocycles. The maximum atomic E-state index is 9.19. The lowest BCUT2D eigenvalue weighted by Crippen LogP contribution is -2.23. The predicted molar refractivity (Wildman–Crippen MR) is 93.1 cm³/mol. The van der Waals surface area contributed by atoms with Gasteiger partial charge in [0.25, 0.3) is 0 Å². The van der Waals surface area contributed by atoms with Crippen LogP contribution in [-0.4, -0.2) is 15.6 Å². The summed E-state index contributed by atoms with van der Waals surface area (Å²) >= 11 is 0. The molecule has 4 rings (SSSR count). The van der Waals surface area contributed by atoms with Gasteiger partial charge in [-0.3, -0.25) is 4.57 Å². The van der Waals surface area contributed by atoms with Crippen molar-refractivity contribution in [3.8, 4) is 11.9 Å². The van der Waals surface area contributed by atoms with E-state index in [0.29, 0.717) is 5.56 Å². The molecule has 116 valence electrons. The summed E-state index contributed by atoms with van der Waals surface area (Å²) in [6, 6.07) is 14.1. The summed E-state index contributed by atoms with van der Waals surface area (Å²) in [4.78, 5) is 4.50. The van der Waals surface area contributed by atoms with Gasteiger partial charge in [-0.05, 0) is 41.8 Å². The number of hydrogen-bond donors (Lipinski definition) is 1. The highest BCUT2D eigenvalue weighted by molar-refractivity contribution is 5.89. The summed E-state index contributed by atoms with van der Waals surface area (Å²) in [5.74, 6) is 1.19. The minimum atomic E-state index is 0. The van der Waals surface area contributed by atoms with Crippen molar-refractivity contribution in [3.05, 3.63) is 59.4 Å². The van der Waals surface area contributed by atoms with Crippen LogP contribution >= 0.6 is 12.4 Å². The zero-order chi connectivity index (χ0) is 15.3. The molecule has 2 atom stereocenters. The number of nitrogens with zero attached hydrogens (tertiary/aromatic N) is 3. The SMILES string of the molecule is CC1c2c(n(-c3ccccn3)c3ccc(C#N)cc23)CC1N.Cl. The summed E-state index contributed by atoms with van der Waals surface area (Å²) in [5, 5.41) is 10.3. The second kappa shape index (κ2) is 5.69. The van der Waals surface area contributed by atoms with Crippen LogP contribution in [0.15, 0.2) is 42.6 Å². The third-order valence-corrected chi connectivity index (χ3v) is 4.64. The second-order valence-corrected chi connectivity index (χ2v) is 5.88. The summed E-state index contributed by atoms with van der Waals surface area (Å²) in [5.41, 5.74) is 10.6. The lowest BCUT2D eigenvalue weighted by molar-refractivity contribution is 0.611. The highest BCUT2D eigenvalue weighted by Gasteiger charge is 2.33. The Kier molecular flexibility index (Phi) is 3.85. The van der Waals surface area contributed by atoms with Gasteiger partial charge in [0.1, 0.15) is 5.82 Å². The fraction of sp³-hybridized carbons (Fsp3) is 0.222. The van der Waals surface area contributed by atoms with Gasteiger partial charge >= 0.3 is 0 Å². The van der Waals surface area contributed by atoms with Gasteiger partial charge in [0.05, 0.1) is 17.1 Å². The topological polar surface area (TPSA) is 67.6 Å². The zero-order valence-corrected chi connectivity index (χ0v) is 13.5. The Bertz CT molecular complexity index is 908. The standard InChI is InChI=1S/C18H16N4.ClH/c1-11-14(20)9-16-18(11)13-8-12(10-19)5-6-15(13)22(16)17-4-2-3-7-21-17;/h2-8,11,14H,9,20H2,1H3;1H. The van der Waals surface area contributed by atoms with Crippen LogP contribution in [-0.2, 0) is 6.42 Å². The molecule has 3 aromatic rings. The average Bonchev–Trinajstić information content (AvgIpc) is 3.02. The van der Waals surface area contributed by atoms with E-state index in [1.165, 1.54) is 11.3 Å². The van der Waals surface area contributed by atoms with Crippen molar-refractivity contribution in [2.75, 3.05) is 0 Å². The number of halogens is 1. The molecule has 5 heteroatoms. The lowest BCUT2D eigenvalue weighted by atomic mass is 9.98. The van der Waals surface area contributed by atoms with Gasteiger partial charge in [-0.2, -0.15) is 5.26 Å². The molecule has 2 heterocycles. The molecule has 0 amide bonds. The third kappa shape index (κ3) is 2.21. The van der Waals surface area contributed by atoms with Crippen LogP contribution in [0.25, 0.3) is 16.7 Å². The minimum absolute atomic E-state index is 0. The van der Waals surface area contributed by atoms with Gasteiger partial charge < -0.3 is 5.73 Å². The van der Waals surface area contributed by atoms with E-state index < -0.39 is 0 Å². The Morgan fingerprint density at radius 1 is 1.30 bits per heavy atom. The van der Waals surface area contributed by atoms with Gasteiger partial charge in [-0.25, -0.2) is 4.98 Å². The van der Waals surface area contributed by atoms with Gasteiger partial charge in [0.15, 0.2) is 0 Å². The Hall–Kier alpha value is -2.35. The normalized spacial score (nSPS) is 19.2. The molecule has 0 fully saturated rings. The molecule has 23 heavy (non-hydrogen) atoms. The molecule has 2 N–H and O–H groups in total. The predicted octanol–water partition coefficient (Wildman–Crippen LogP) is 3.31. The second-order valence-electron chi connectivity index (χ2n) is 5.88. The van der Waals surface area contributed by atoms with E-state index in [4.69, 9.17) is 5.73 Å². The number of hydrogen-bond acceptors (Lipinski definition) is 3. The quantitative estimate of drug-likeness (QED) is 0.746. The van der Waals surface area contributed by atoms with Crippen molar-refractivity contribution in [3.63, 3.8) is 0 Å². The minimum Gasteiger partial charge on any atom is -0.327 e. The highest BCUT2D eigenvalue weighted by Crippen LogP contribution is 2.41. The van der Waals surface area contributed by atoms with Gasteiger partial charge in [0, 0.05) is 29.7 Å². The first-order valence-electron chi connectivity index (χ1n) is 7.45. The molecular weight excluding hydrogens is 308 g/mol. The van der Waals surface area contributed by atoms with Gasteiger partial charge in [-0.15, -0.1) is 12.4 Å². The number of aromatic nitrogens is 2. The lowest BCUT2D eigenvalue weighted by Gasteiger charge is -2.12. The number of rotatable bonds is 1. The van der Waals surface area contributed by atoms with Gasteiger partial charge in [0.2, 0.25) is 0 Å². The zero-order valence-electron chi connectivity index (χ0n) is 12.7. The van der Waals surface area contributed by atoms with Crippen molar-refractivity contribution < 1.29 is 0 Å². The molecule has 0 radical (unpaired) electrons. The fourth-order valence-corrected chi connectivity index (χ4v) is 3.51. The molecule has 2 unspecified atom stereocenters. The Balaban J connectivity index is 0.00000156. The number of nitrogens with two attached hydrogens (primary N) is 1. The van der Waals surface area contributed by atoms with E-state index in [2.05, 4.69) is 22.5 Å². The van der Waals surface area contributed by atoms with Crippen LogP contribution in [0, 0.1) is 11.3 Å². The summed E-state index contributed by atoms with van der Waals surface area (Å²) in [6.45, 7) is 2.16. The molecule has 0 bridgehead atoms. The van der Waals surface area contributed by atoms with Gasteiger partial charge in [-0.1, -0.05) is 13.0 Å². The summed E-state index contributed by atoms with van der Waals surface area (Å²) in [6.07, 6.45) is 2.64. The fourth-order valence-electron chi connectivity index (χ4n) is 3.51. The monoisotopic (exact) mass is 324 g/mol. The van der Waals surface area contributed by atoms with Crippen molar-refractivity contribution in [2.24, 2.45) is 5.73 Å². The summed E-state index contributed by atoms with van der Waals surface area (Å²) < 4.78 is 2.19. The van der Waals surface area contributed by atoms with E-state index >= 15 is 0 Å². The average molecular weight is 325 g/mol. The maximum Gasteiger partial charge on any atom is 0.137 e.